The van der Waals surface area contributed by atoms with Crippen LogP contribution in [0.2, 0.25) is 0 Å². The highest BCUT2D eigenvalue weighted by atomic mass is 32.2. The van der Waals surface area contributed by atoms with Gasteiger partial charge in [0.05, 0.1) is 22.1 Å². The maximum absolute atomic E-state index is 11.6. The maximum atomic E-state index is 11.6. The first-order valence-corrected chi connectivity index (χ1v) is 8.40. The molecule has 1 heterocycles. The lowest BCUT2D eigenvalue weighted by Crippen LogP contribution is -2.27. The van der Waals surface area contributed by atoms with Gasteiger partial charge in [-0.2, -0.15) is 0 Å². The Morgan fingerprint density at radius 1 is 1.33 bits per heavy atom. The number of nitrogens with zero attached hydrogens (tertiary/aromatic N) is 2. The molecule has 0 unspecified atom stereocenters. The Balaban J connectivity index is 2.18. The minimum absolute atomic E-state index is 0.00792. The summed E-state index contributed by atoms with van der Waals surface area (Å²) in [6.45, 7) is 1.50. The summed E-state index contributed by atoms with van der Waals surface area (Å²) in [7, 11) is -2.97. The molecule has 0 amide bonds. The molecule has 116 valence electrons. The van der Waals surface area contributed by atoms with E-state index in [1.54, 1.807) is 6.07 Å². The molecular formula is C12H18N4O4S. The third kappa shape index (κ3) is 4.13. The number of nitro benzene ring substituents is 1. The lowest BCUT2D eigenvalue weighted by atomic mass is 10.1. The quantitative estimate of drug-likeness (QED) is 0.472. The molecule has 1 aliphatic rings. The summed E-state index contributed by atoms with van der Waals surface area (Å²) in [6.07, 6.45) is 0.572. The van der Waals surface area contributed by atoms with Crippen molar-refractivity contribution in [2.75, 3.05) is 30.0 Å². The molecule has 1 aromatic carbocycles. The second kappa shape index (κ2) is 6.37. The van der Waals surface area contributed by atoms with Crippen molar-refractivity contribution in [1.29, 1.82) is 0 Å². The lowest BCUT2D eigenvalue weighted by molar-refractivity contribution is -0.384. The van der Waals surface area contributed by atoms with Gasteiger partial charge in [0.25, 0.3) is 5.69 Å². The number of nitrogen functional groups attached to an aromatic ring is 1. The highest BCUT2D eigenvalue weighted by Gasteiger charge is 2.20. The number of hydrogen-bond donors (Lipinski definition) is 2. The van der Waals surface area contributed by atoms with Crippen molar-refractivity contribution in [1.82, 2.24) is 4.90 Å². The van der Waals surface area contributed by atoms with Gasteiger partial charge in [-0.05, 0) is 24.6 Å². The van der Waals surface area contributed by atoms with Gasteiger partial charge in [0, 0.05) is 25.2 Å². The first-order chi connectivity index (χ1) is 9.91. The van der Waals surface area contributed by atoms with E-state index >= 15 is 0 Å². The highest BCUT2D eigenvalue weighted by Crippen LogP contribution is 2.23. The summed E-state index contributed by atoms with van der Waals surface area (Å²) >= 11 is 0. The van der Waals surface area contributed by atoms with Crippen LogP contribution in [0.4, 0.5) is 11.4 Å². The Labute approximate surface area is 123 Å². The number of rotatable bonds is 4. The van der Waals surface area contributed by atoms with Crippen molar-refractivity contribution < 1.29 is 13.3 Å². The SMILES string of the molecule is NNc1ccc([N+](=O)[O-])cc1CN1CCCS(=O)(=O)CC1. The number of non-ortho nitro benzene ring substituents is 1. The van der Waals surface area contributed by atoms with Crippen molar-refractivity contribution in [2.45, 2.75) is 13.0 Å². The first-order valence-electron chi connectivity index (χ1n) is 6.58. The normalized spacial score (nSPS) is 18.9. The molecule has 0 spiro atoms. The fraction of sp³-hybridized carbons (Fsp3) is 0.500. The van der Waals surface area contributed by atoms with Crippen molar-refractivity contribution in [3.05, 3.63) is 33.9 Å². The van der Waals surface area contributed by atoms with Gasteiger partial charge >= 0.3 is 0 Å². The smallest absolute Gasteiger partial charge is 0.269 e. The van der Waals surface area contributed by atoms with Crippen LogP contribution >= 0.6 is 0 Å². The number of anilines is 1. The van der Waals surface area contributed by atoms with E-state index < -0.39 is 14.8 Å². The van der Waals surface area contributed by atoms with E-state index in [9.17, 15) is 18.5 Å². The molecule has 0 radical (unpaired) electrons. The van der Waals surface area contributed by atoms with Crippen molar-refractivity contribution >= 4 is 21.2 Å². The number of benzene rings is 1. The van der Waals surface area contributed by atoms with Crippen molar-refractivity contribution in [2.24, 2.45) is 5.84 Å². The van der Waals surface area contributed by atoms with E-state index in [-0.39, 0.29) is 17.2 Å². The zero-order chi connectivity index (χ0) is 15.5. The minimum atomic E-state index is -2.97. The van der Waals surface area contributed by atoms with Crippen LogP contribution in [0.25, 0.3) is 0 Å². The third-order valence-corrected chi connectivity index (χ3v) is 5.21. The van der Waals surface area contributed by atoms with Gasteiger partial charge in [0.1, 0.15) is 0 Å². The predicted molar refractivity (Wildman–Crippen MR) is 79.5 cm³/mol. The van der Waals surface area contributed by atoms with Crippen LogP contribution in [0.5, 0.6) is 0 Å². The number of hydrogen-bond acceptors (Lipinski definition) is 7. The van der Waals surface area contributed by atoms with E-state index in [1.165, 1.54) is 12.1 Å². The average molecular weight is 314 g/mol. The van der Waals surface area contributed by atoms with Crippen LogP contribution < -0.4 is 11.3 Å². The van der Waals surface area contributed by atoms with Gasteiger partial charge in [-0.25, -0.2) is 8.42 Å². The molecule has 8 nitrogen and oxygen atoms in total. The Bertz CT molecular complexity index is 632. The first kappa shape index (κ1) is 15.7. The monoisotopic (exact) mass is 314 g/mol. The number of hydrazine groups is 1. The summed E-state index contributed by atoms with van der Waals surface area (Å²) in [6, 6.07) is 4.40. The van der Waals surface area contributed by atoms with Crippen LogP contribution in [0.1, 0.15) is 12.0 Å². The Morgan fingerprint density at radius 2 is 2.10 bits per heavy atom. The molecule has 21 heavy (non-hydrogen) atoms. The molecule has 0 atom stereocenters. The van der Waals surface area contributed by atoms with Crippen LogP contribution in [-0.2, 0) is 16.4 Å². The summed E-state index contributed by atoms with van der Waals surface area (Å²) in [4.78, 5) is 12.4. The van der Waals surface area contributed by atoms with E-state index in [0.29, 0.717) is 37.3 Å². The number of nitrogens with one attached hydrogen (secondary N) is 1. The van der Waals surface area contributed by atoms with Gasteiger partial charge in [-0.15, -0.1) is 0 Å². The largest absolute Gasteiger partial charge is 0.324 e. The Hall–Kier alpha value is -1.71. The summed E-state index contributed by atoms with van der Waals surface area (Å²) in [5.41, 5.74) is 3.80. The topological polar surface area (TPSA) is 119 Å². The third-order valence-electron chi connectivity index (χ3n) is 3.50. The minimum Gasteiger partial charge on any atom is -0.324 e. The number of nitro groups is 1. The van der Waals surface area contributed by atoms with Gasteiger partial charge in [0.15, 0.2) is 9.84 Å². The number of sulfone groups is 1. The molecule has 9 heteroatoms. The molecular weight excluding hydrogens is 296 g/mol. The molecule has 0 bridgehead atoms. The summed E-state index contributed by atoms with van der Waals surface area (Å²) in [5.74, 6) is 5.73. The average Bonchev–Trinajstić information content (AvgIpc) is 2.60. The molecule has 2 rings (SSSR count). The van der Waals surface area contributed by atoms with Crippen molar-refractivity contribution in [3.8, 4) is 0 Å². The fourth-order valence-electron chi connectivity index (χ4n) is 2.35. The van der Waals surface area contributed by atoms with E-state index in [0.717, 1.165) is 0 Å². The second-order valence-corrected chi connectivity index (χ2v) is 7.33. The van der Waals surface area contributed by atoms with Crippen LogP contribution in [-0.4, -0.2) is 42.8 Å². The van der Waals surface area contributed by atoms with E-state index in [1.807, 2.05) is 4.90 Å². The standard InChI is InChI=1S/C12H18N4O4S/c13-14-12-3-2-11(16(17)18)8-10(12)9-15-4-1-6-21(19,20)7-5-15/h2-3,8,14H,1,4-7,9,13H2. The van der Waals surface area contributed by atoms with Gasteiger partial charge in [0.2, 0.25) is 0 Å². The number of nitrogens with two attached hydrogens (primary N) is 1. The molecule has 0 aliphatic carbocycles. The zero-order valence-electron chi connectivity index (χ0n) is 11.5. The molecule has 1 fully saturated rings. The van der Waals surface area contributed by atoms with Crippen LogP contribution in [0.3, 0.4) is 0 Å². The molecule has 1 aliphatic heterocycles. The zero-order valence-corrected chi connectivity index (χ0v) is 12.3. The summed E-state index contributed by atoms with van der Waals surface area (Å²) < 4.78 is 23.2. The highest BCUT2D eigenvalue weighted by molar-refractivity contribution is 7.91. The van der Waals surface area contributed by atoms with Gasteiger partial charge in [-0.3, -0.25) is 20.9 Å². The van der Waals surface area contributed by atoms with Gasteiger partial charge in [-0.1, -0.05) is 0 Å². The Kier molecular flexibility index (Phi) is 4.76. The van der Waals surface area contributed by atoms with E-state index in [2.05, 4.69) is 5.43 Å². The second-order valence-electron chi connectivity index (χ2n) is 5.02. The Morgan fingerprint density at radius 3 is 2.76 bits per heavy atom. The van der Waals surface area contributed by atoms with Gasteiger partial charge < -0.3 is 5.43 Å². The van der Waals surface area contributed by atoms with Crippen molar-refractivity contribution in [3.63, 3.8) is 0 Å². The molecule has 0 aromatic heterocycles. The predicted octanol–water partition coefficient (Wildman–Crippen LogP) is 0.501. The summed E-state index contributed by atoms with van der Waals surface area (Å²) in [5, 5.41) is 10.8. The molecule has 3 N–H and O–H groups in total. The molecule has 1 saturated heterocycles. The maximum Gasteiger partial charge on any atom is 0.269 e. The van der Waals surface area contributed by atoms with Crippen LogP contribution in [0.15, 0.2) is 18.2 Å². The molecule has 0 saturated carbocycles. The fourth-order valence-corrected chi connectivity index (χ4v) is 3.66. The van der Waals surface area contributed by atoms with E-state index in [4.69, 9.17) is 5.84 Å². The van der Waals surface area contributed by atoms with Crippen LogP contribution in [0, 0.1) is 10.1 Å². The molecule has 1 aromatic rings. The lowest BCUT2D eigenvalue weighted by Gasteiger charge is -2.20.